The number of hydrogen-bond acceptors (Lipinski definition) is 5. The van der Waals surface area contributed by atoms with Crippen LogP contribution in [0.1, 0.15) is 28.1 Å². The lowest BCUT2D eigenvalue weighted by Gasteiger charge is -2.14. The molecular weight excluding hydrogens is 448 g/mol. The van der Waals surface area contributed by atoms with Crippen molar-refractivity contribution in [1.82, 2.24) is 9.47 Å². The molecule has 1 fully saturated rings. The Hall–Kier alpha value is -3.45. The van der Waals surface area contributed by atoms with E-state index < -0.39 is 0 Å². The number of hydrogen-bond donors (Lipinski definition) is 0. The van der Waals surface area contributed by atoms with E-state index in [4.69, 9.17) is 9.47 Å². The van der Waals surface area contributed by atoms with Gasteiger partial charge in [-0.1, -0.05) is 18.2 Å². The molecule has 0 spiro atoms. The summed E-state index contributed by atoms with van der Waals surface area (Å²) in [6.07, 6.45) is 1.80. The molecule has 34 heavy (non-hydrogen) atoms. The van der Waals surface area contributed by atoms with Crippen molar-refractivity contribution >= 4 is 29.0 Å². The first-order chi connectivity index (χ1) is 16.3. The Labute approximate surface area is 204 Å². The number of aryl methyl sites for hydroxylation is 3. The molecule has 1 aliphatic heterocycles. The van der Waals surface area contributed by atoms with Gasteiger partial charge in [0.05, 0.1) is 18.6 Å². The molecule has 1 aromatic heterocycles. The molecule has 176 valence electrons. The molecule has 2 heterocycles. The monoisotopic (exact) mass is 476 g/mol. The molecule has 0 unspecified atom stereocenters. The Morgan fingerprint density at radius 3 is 2.56 bits per heavy atom. The van der Waals surface area contributed by atoms with Gasteiger partial charge in [-0.25, -0.2) is 0 Å². The van der Waals surface area contributed by atoms with E-state index in [0.717, 1.165) is 57.0 Å². The third kappa shape index (κ3) is 4.75. The largest absolute Gasteiger partial charge is 0.497 e. The van der Waals surface area contributed by atoms with Crippen LogP contribution in [0.2, 0.25) is 0 Å². The van der Waals surface area contributed by atoms with Crippen molar-refractivity contribution in [3.63, 3.8) is 0 Å². The second-order valence-corrected chi connectivity index (χ2v) is 9.31. The lowest BCUT2D eigenvalue weighted by molar-refractivity contribution is -0.123. The third-order valence-electron chi connectivity index (χ3n) is 5.86. The zero-order valence-corrected chi connectivity index (χ0v) is 20.9. The highest BCUT2D eigenvalue weighted by Crippen LogP contribution is 2.34. The van der Waals surface area contributed by atoms with Crippen molar-refractivity contribution < 1.29 is 19.1 Å². The molecule has 4 rings (SSSR count). The second kappa shape index (κ2) is 9.81. The zero-order chi connectivity index (χ0) is 24.4. The van der Waals surface area contributed by atoms with E-state index in [1.165, 1.54) is 4.90 Å². The number of methoxy groups -OCH3 is 1. The van der Waals surface area contributed by atoms with Crippen molar-refractivity contribution in [3.8, 4) is 17.2 Å². The maximum absolute atomic E-state index is 13.0. The lowest BCUT2D eigenvalue weighted by atomic mass is 10.1. The minimum absolute atomic E-state index is 0.207. The van der Waals surface area contributed by atoms with Gasteiger partial charge >= 0.3 is 0 Å². The van der Waals surface area contributed by atoms with Crippen LogP contribution in [0, 0.1) is 27.7 Å². The summed E-state index contributed by atoms with van der Waals surface area (Å²) in [5, 5.41) is -0.276. The van der Waals surface area contributed by atoms with Crippen molar-refractivity contribution in [2.45, 2.75) is 27.7 Å². The van der Waals surface area contributed by atoms with E-state index in [1.807, 2.05) is 76.2 Å². The fourth-order valence-electron chi connectivity index (χ4n) is 4.02. The summed E-state index contributed by atoms with van der Waals surface area (Å²) >= 11 is 0.968. The Morgan fingerprint density at radius 2 is 1.79 bits per heavy atom. The Kier molecular flexibility index (Phi) is 6.84. The van der Waals surface area contributed by atoms with Crippen molar-refractivity contribution in [2.75, 3.05) is 20.3 Å². The average molecular weight is 477 g/mol. The Bertz CT molecular complexity index is 1290. The highest BCUT2D eigenvalue weighted by molar-refractivity contribution is 8.18. The van der Waals surface area contributed by atoms with Gasteiger partial charge in [-0.05, 0) is 86.5 Å². The lowest BCUT2D eigenvalue weighted by Crippen LogP contribution is -2.32. The molecule has 1 aliphatic rings. The summed E-state index contributed by atoms with van der Waals surface area (Å²) in [6.45, 7) is 8.44. The fraction of sp³-hybridized carbons (Fsp3) is 0.259. The number of thioether (sulfide) groups is 1. The first-order valence-corrected chi connectivity index (χ1v) is 11.9. The molecule has 0 atom stereocenters. The van der Waals surface area contributed by atoms with E-state index >= 15 is 0 Å². The molecule has 0 aliphatic carbocycles. The van der Waals surface area contributed by atoms with Crippen LogP contribution < -0.4 is 9.47 Å². The van der Waals surface area contributed by atoms with E-state index in [2.05, 4.69) is 4.57 Å². The number of imide groups is 1. The van der Waals surface area contributed by atoms with Gasteiger partial charge in [0.2, 0.25) is 0 Å². The summed E-state index contributed by atoms with van der Waals surface area (Å²) in [4.78, 5) is 27.2. The molecule has 7 heteroatoms. The van der Waals surface area contributed by atoms with E-state index in [1.54, 1.807) is 13.2 Å². The fourth-order valence-corrected chi connectivity index (χ4v) is 4.88. The smallest absolute Gasteiger partial charge is 0.293 e. The molecule has 0 N–H and O–H groups in total. The van der Waals surface area contributed by atoms with Gasteiger partial charge in [0.15, 0.2) is 0 Å². The summed E-state index contributed by atoms with van der Waals surface area (Å²) in [7, 11) is 1.64. The molecule has 0 saturated carbocycles. The van der Waals surface area contributed by atoms with Crippen molar-refractivity contribution in [2.24, 2.45) is 0 Å². The summed E-state index contributed by atoms with van der Waals surface area (Å²) < 4.78 is 13.3. The number of ether oxygens (including phenoxy) is 2. The normalized spacial score (nSPS) is 14.9. The number of carbonyl (C=O) groups excluding carboxylic acids is 2. The van der Waals surface area contributed by atoms with Gasteiger partial charge in [-0.2, -0.15) is 0 Å². The highest BCUT2D eigenvalue weighted by atomic mass is 32.2. The maximum Gasteiger partial charge on any atom is 0.293 e. The van der Waals surface area contributed by atoms with E-state index in [9.17, 15) is 9.59 Å². The Balaban J connectivity index is 1.50. The summed E-state index contributed by atoms with van der Waals surface area (Å²) in [5.74, 6) is 1.26. The number of amides is 2. The average Bonchev–Trinajstić information content (AvgIpc) is 3.24. The first kappa shape index (κ1) is 23.7. The van der Waals surface area contributed by atoms with Gasteiger partial charge in [0.1, 0.15) is 18.1 Å². The number of rotatable bonds is 7. The number of aromatic nitrogens is 1. The molecular formula is C27H28N2O4S. The van der Waals surface area contributed by atoms with Crippen LogP contribution in [0.15, 0.2) is 53.4 Å². The maximum atomic E-state index is 13.0. The van der Waals surface area contributed by atoms with Gasteiger partial charge < -0.3 is 14.0 Å². The third-order valence-corrected chi connectivity index (χ3v) is 6.77. The van der Waals surface area contributed by atoms with Crippen molar-refractivity contribution in [3.05, 3.63) is 81.5 Å². The van der Waals surface area contributed by atoms with Crippen LogP contribution in [0.4, 0.5) is 4.79 Å². The molecule has 1 saturated heterocycles. The molecule has 0 bridgehead atoms. The van der Waals surface area contributed by atoms with Crippen LogP contribution >= 0.6 is 11.8 Å². The van der Waals surface area contributed by atoms with Crippen LogP contribution in [0.5, 0.6) is 11.5 Å². The predicted octanol–water partition coefficient (Wildman–Crippen LogP) is 5.83. The first-order valence-electron chi connectivity index (χ1n) is 11.1. The van der Waals surface area contributed by atoms with E-state index in [0.29, 0.717) is 4.91 Å². The SMILES string of the molecule is COc1cccc(-n2c(C)cc(/C=C3\SC(=O)N(CCOc4cc(C)ccc4C)C3=O)c2C)c1. The second-order valence-electron chi connectivity index (χ2n) is 8.31. The van der Waals surface area contributed by atoms with Gasteiger partial charge in [-0.3, -0.25) is 14.5 Å². The predicted molar refractivity (Wildman–Crippen MR) is 136 cm³/mol. The van der Waals surface area contributed by atoms with Gasteiger partial charge in [-0.15, -0.1) is 0 Å². The summed E-state index contributed by atoms with van der Waals surface area (Å²) in [6, 6.07) is 15.8. The molecule has 2 amide bonds. The molecule has 2 aromatic carbocycles. The Morgan fingerprint density at radius 1 is 1.00 bits per heavy atom. The quantitative estimate of drug-likeness (QED) is 0.401. The number of carbonyl (C=O) groups is 2. The standard InChI is InChI=1S/C27H28N2O4S/c1-17-9-10-18(2)24(13-17)33-12-11-28-26(30)25(34-27(28)31)15-21-14-19(3)29(20(21)4)22-7-6-8-23(16-22)32-5/h6-10,13-16H,11-12H2,1-5H3/b25-15-. The molecule has 0 radical (unpaired) electrons. The minimum atomic E-state index is -0.286. The van der Waals surface area contributed by atoms with Crippen LogP contribution in [-0.4, -0.2) is 40.9 Å². The minimum Gasteiger partial charge on any atom is -0.497 e. The number of benzene rings is 2. The molecule has 3 aromatic rings. The van der Waals surface area contributed by atoms with Gasteiger partial charge in [0, 0.05) is 23.1 Å². The van der Waals surface area contributed by atoms with E-state index in [-0.39, 0.29) is 24.3 Å². The number of nitrogens with zero attached hydrogens (tertiary/aromatic N) is 2. The molecule has 6 nitrogen and oxygen atoms in total. The summed E-state index contributed by atoms with van der Waals surface area (Å²) in [5.41, 5.74) is 6.00. The van der Waals surface area contributed by atoms with Crippen LogP contribution in [-0.2, 0) is 4.79 Å². The highest BCUT2D eigenvalue weighted by Gasteiger charge is 2.35. The topological polar surface area (TPSA) is 60.8 Å². The van der Waals surface area contributed by atoms with Crippen LogP contribution in [0.3, 0.4) is 0 Å². The van der Waals surface area contributed by atoms with Gasteiger partial charge in [0.25, 0.3) is 11.1 Å². The zero-order valence-electron chi connectivity index (χ0n) is 20.0. The van der Waals surface area contributed by atoms with Crippen LogP contribution in [0.25, 0.3) is 11.8 Å². The van der Waals surface area contributed by atoms with Crippen molar-refractivity contribution in [1.29, 1.82) is 0 Å².